The van der Waals surface area contributed by atoms with Crippen LogP contribution in [0, 0.1) is 0 Å². The summed E-state index contributed by atoms with van der Waals surface area (Å²) in [7, 11) is 0. The molecular weight excluding hydrogens is 412 g/mol. The van der Waals surface area contributed by atoms with Crippen molar-refractivity contribution in [2.75, 3.05) is 5.32 Å². The van der Waals surface area contributed by atoms with E-state index >= 15 is 0 Å². The van der Waals surface area contributed by atoms with Crippen LogP contribution < -0.4 is 15.8 Å². The summed E-state index contributed by atoms with van der Waals surface area (Å²) in [4.78, 5) is 13.0. The maximum Gasteiger partial charge on any atom is 0.388 e. The number of ether oxygens (including phenoxy) is 1. The fraction of sp³-hybridized carbons (Fsp3) is 0.278. The summed E-state index contributed by atoms with van der Waals surface area (Å²) in [5.74, 6) is 0.260. The zero-order chi connectivity index (χ0) is 22.2. The average Bonchev–Trinajstić information content (AvgIpc) is 3.31. The van der Waals surface area contributed by atoms with E-state index in [2.05, 4.69) is 40.3 Å². The first-order valence-electron chi connectivity index (χ1n) is 9.16. The van der Waals surface area contributed by atoms with Gasteiger partial charge in [-0.1, -0.05) is 6.07 Å². The number of aromatic nitrogens is 7. The molecule has 0 fully saturated rings. The Morgan fingerprint density at radius 1 is 1.32 bits per heavy atom. The number of anilines is 2. The smallest absolute Gasteiger partial charge is 0.388 e. The minimum Gasteiger partial charge on any atom is -0.417 e. The Balaban J connectivity index is 1.74. The molecule has 0 unspecified atom stereocenters. The van der Waals surface area contributed by atoms with Crippen molar-refractivity contribution in [3.63, 3.8) is 0 Å². The van der Waals surface area contributed by atoms with Gasteiger partial charge in [0.15, 0.2) is 23.0 Å². The Kier molecular flexibility index (Phi) is 5.20. The number of nitrogens with one attached hydrogen (secondary N) is 2. The standard InChI is InChI=1S/C18H19F2N9O2/c1-9(10-4-3-5-22-7-10)29-16-14(15(28-29)18(2,21)30)23-8-12(25-16)24-11-6-13(27-26-11)31-17(19)20/h3-9,17,30H,21H2,1-2H3,(H2,24,25,26,27)/t9-,18-/m0/s1. The molecule has 0 saturated heterocycles. The van der Waals surface area contributed by atoms with Crippen LogP contribution in [0.3, 0.4) is 0 Å². The van der Waals surface area contributed by atoms with Gasteiger partial charge in [0.1, 0.15) is 11.2 Å². The van der Waals surface area contributed by atoms with Gasteiger partial charge in [-0.3, -0.25) is 10.7 Å². The number of fused-ring (bicyclic) bond motifs is 1. The summed E-state index contributed by atoms with van der Waals surface area (Å²) < 4.78 is 30.5. The van der Waals surface area contributed by atoms with Crippen LogP contribution in [0.15, 0.2) is 36.8 Å². The van der Waals surface area contributed by atoms with Crippen molar-refractivity contribution < 1.29 is 18.6 Å². The zero-order valence-corrected chi connectivity index (χ0v) is 16.5. The highest BCUT2D eigenvalue weighted by molar-refractivity contribution is 5.76. The van der Waals surface area contributed by atoms with Crippen molar-refractivity contribution in [1.29, 1.82) is 0 Å². The number of aromatic amines is 1. The normalized spacial score (nSPS) is 14.5. The first-order chi connectivity index (χ1) is 14.7. The van der Waals surface area contributed by atoms with Crippen molar-refractivity contribution in [3.05, 3.63) is 48.0 Å². The molecule has 0 bridgehead atoms. The minimum atomic E-state index is -2.98. The van der Waals surface area contributed by atoms with E-state index in [9.17, 15) is 13.9 Å². The average molecular weight is 431 g/mol. The van der Waals surface area contributed by atoms with Crippen LogP contribution in [-0.4, -0.2) is 46.6 Å². The van der Waals surface area contributed by atoms with Crippen LogP contribution in [0.4, 0.5) is 20.4 Å². The van der Waals surface area contributed by atoms with Gasteiger partial charge in [0.25, 0.3) is 0 Å². The fourth-order valence-corrected chi connectivity index (χ4v) is 3.00. The lowest BCUT2D eigenvalue weighted by atomic mass is 10.1. The number of aliphatic hydroxyl groups is 1. The number of nitrogens with two attached hydrogens (primary N) is 1. The summed E-state index contributed by atoms with van der Waals surface area (Å²) in [6.45, 7) is 0.313. The van der Waals surface area contributed by atoms with Crippen molar-refractivity contribution in [2.24, 2.45) is 5.73 Å². The summed E-state index contributed by atoms with van der Waals surface area (Å²) in [5, 5.41) is 23.8. The van der Waals surface area contributed by atoms with Gasteiger partial charge in [0.05, 0.1) is 12.2 Å². The highest BCUT2D eigenvalue weighted by Crippen LogP contribution is 2.28. The van der Waals surface area contributed by atoms with Gasteiger partial charge in [0, 0.05) is 18.5 Å². The Morgan fingerprint density at radius 3 is 2.81 bits per heavy atom. The molecule has 11 nitrogen and oxygen atoms in total. The van der Waals surface area contributed by atoms with Gasteiger partial charge in [-0.25, -0.2) is 19.7 Å². The van der Waals surface area contributed by atoms with Crippen molar-refractivity contribution >= 4 is 22.8 Å². The molecule has 5 N–H and O–H groups in total. The van der Waals surface area contributed by atoms with Gasteiger partial charge >= 0.3 is 6.61 Å². The molecule has 162 valence electrons. The number of pyridine rings is 1. The van der Waals surface area contributed by atoms with E-state index in [-0.39, 0.29) is 29.3 Å². The lowest BCUT2D eigenvalue weighted by molar-refractivity contribution is -0.0528. The molecule has 0 saturated carbocycles. The van der Waals surface area contributed by atoms with Gasteiger partial charge < -0.3 is 15.2 Å². The zero-order valence-electron chi connectivity index (χ0n) is 16.5. The van der Waals surface area contributed by atoms with Gasteiger partial charge in [-0.15, -0.1) is 0 Å². The van der Waals surface area contributed by atoms with E-state index in [0.717, 1.165) is 5.56 Å². The van der Waals surface area contributed by atoms with E-state index in [0.29, 0.717) is 11.2 Å². The lowest BCUT2D eigenvalue weighted by Gasteiger charge is -2.15. The Hall–Kier alpha value is -3.71. The van der Waals surface area contributed by atoms with E-state index in [4.69, 9.17) is 5.73 Å². The SMILES string of the molecule is C[C@@H](c1cccnc1)n1nc([C@@](C)(N)O)c2ncc(Nc3cc(OC(F)F)[nH]n3)nc21. The maximum absolute atomic E-state index is 12.3. The third kappa shape index (κ3) is 4.27. The molecule has 4 aromatic heterocycles. The van der Waals surface area contributed by atoms with E-state index in [1.54, 1.807) is 23.1 Å². The summed E-state index contributed by atoms with van der Waals surface area (Å²) in [6.07, 6.45) is 4.74. The monoisotopic (exact) mass is 431 g/mol. The highest BCUT2D eigenvalue weighted by Gasteiger charge is 2.29. The number of hydrogen-bond donors (Lipinski definition) is 4. The molecule has 0 aliphatic rings. The fourth-order valence-electron chi connectivity index (χ4n) is 3.00. The van der Waals surface area contributed by atoms with E-state index < -0.39 is 12.3 Å². The topological polar surface area (TPSA) is 153 Å². The molecule has 0 radical (unpaired) electrons. The third-order valence-corrected chi connectivity index (χ3v) is 4.44. The molecule has 13 heteroatoms. The molecule has 0 aromatic carbocycles. The van der Waals surface area contributed by atoms with Crippen LogP contribution in [0.1, 0.15) is 31.1 Å². The molecule has 4 rings (SSSR count). The number of alkyl halides is 2. The Bertz CT molecular complexity index is 1190. The second-order valence-corrected chi connectivity index (χ2v) is 6.95. The Labute approximate surface area is 174 Å². The third-order valence-electron chi connectivity index (χ3n) is 4.44. The predicted molar refractivity (Wildman–Crippen MR) is 106 cm³/mol. The van der Waals surface area contributed by atoms with Gasteiger partial charge in [-0.05, 0) is 25.5 Å². The minimum absolute atomic E-state index is 0.157. The first kappa shape index (κ1) is 20.6. The molecule has 0 aliphatic carbocycles. The van der Waals surface area contributed by atoms with Crippen molar-refractivity contribution in [2.45, 2.75) is 32.2 Å². The number of rotatable bonds is 7. The summed E-state index contributed by atoms with van der Waals surface area (Å²) in [5.41, 5.74) is 5.81. The van der Waals surface area contributed by atoms with Gasteiger partial charge in [-0.2, -0.15) is 19.0 Å². The lowest BCUT2D eigenvalue weighted by Crippen LogP contribution is -2.33. The maximum atomic E-state index is 12.3. The number of nitrogens with zero attached hydrogens (tertiary/aromatic N) is 6. The van der Waals surface area contributed by atoms with Crippen molar-refractivity contribution in [3.8, 4) is 5.88 Å². The van der Waals surface area contributed by atoms with E-state index in [1.165, 1.54) is 19.2 Å². The second kappa shape index (κ2) is 7.85. The number of hydrogen-bond acceptors (Lipinski definition) is 9. The first-order valence-corrected chi connectivity index (χ1v) is 9.16. The van der Waals surface area contributed by atoms with Crippen LogP contribution in [-0.2, 0) is 5.72 Å². The molecule has 0 amide bonds. The molecule has 4 heterocycles. The van der Waals surface area contributed by atoms with Crippen LogP contribution in [0.5, 0.6) is 5.88 Å². The van der Waals surface area contributed by atoms with Gasteiger partial charge in [0.2, 0.25) is 5.88 Å². The predicted octanol–water partition coefficient (Wildman–Crippen LogP) is 2.02. The summed E-state index contributed by atoms with van der Waals surface area (Å²) in [6, 6.07) is 4.64. The Morgan fingerprint density at radius 2 is 2.13 bits per heavy atom. The van der Waals surface area contributed by atoms with Crippen LogP contribution >= 0.6 is 0 Å². The van der Waals surface area contributed by atoms with Crippen molar-refractivity contribution in [1.82, 2.24) is 34.9 Å². The number of halogens is 2. The molecule has 31 heavy (non-hydrogen) atoms. The summed E-state index contributed by atoms with van der Waals surface area (Å²) >= 11 is 0. The molecular formula is C18H19F2N9O2. The molecule has 0 spiro atoms. The molecule has 0 aliphatic heterocycles. The van der Waals surface area contributed by atoms with E-state index in [1.807, 2.05) is 13.0 Å². The molecule has 4 aromatic rings. The largest absolute Gasteiger partial charge is 0.417 e. The second-order valence-electron chi connectivity index (χ2n) is 6.95. The highest BCUT2D eigenvalue weighted by atomic mass is 19.3. The van der Waals surface area contributed by atoms with Crippen LogP contribution in [0.2, 0.25) is 0 Å². The quantitative estimate of drug-likeness (QED) is 0.322. The number of H-pyrrole nitrogens is 1. The van der Waals surface area contributed by atoms with Crippen LogP contribution in [0.25, 0.3) is 11.2 Å². The molecule has 2 atom stereocenters.